The first kappa shape index (κ1) is 14.7. The number of rotatable bonds is 5. The SMILES string of the molecule is CC(CN)CS(=O)Cc1c(F)ccc(Br)c1F. The van der Waals surface area contributed by atoms with E-state index in [0.29, 0.717) is 12.3 Å². The van der Waals surface area contributed by atoms with Gasteiger partial charge in [0.15, 0.2) is 0 Å². The highest BCUT2D eigenvalue weighted by Gasteiger charge is 2.16. The standard InChI is InChI=1S/C11H14BrF2NOS/c1-7(4-15)5-17(16)6-8-10(13)3-2-9(12)11(8)14/h2-3,7H,4-6,15H2,1H3. The van der Waals surface area contributed by atoms with E-state index in [1.165, 1.54) is 6.07 Å². The molecule has 0 spiro atoms. The van der Waals surface area contributed by atoms with Crippen LogP contribution in [0.4, 0.5) is 8.78 Å². The first-order valence-electron chi connectivity index (χ1n) is 5.13. The topological polar surface area (TPSA) is 43.1 Å². The Kier molecular flexibility index (Phi) is 5.69. The molecule has 1 aromatic rings. The number of hydrogen-bond acceptors (Lipinski definition) is 2. The Morgan fingerprint density at radius 1 is 1.47 bits per heavy atom. The van der Waals surface area contributed by atoms with E-state index in [2.05, 4.69) is 15.9 Å². The van der Waals surface area contributed by atoms with Gasteiger partial charge >= 0.3 is 0 Å². The molecule has 0 bridgehead atoms. The lowest BCUT2D eigenvalue weighted by molar-refractivity contribution is 0.559. The average molecular weight is 326 g/mol. The number of benzene rings is 1. The molecule has 0 aliphatic rings. The van der Waals surface area contributed by atoms with Gasteiger partial charge in [-0.3, -0.25) is 4.21 Å². The van der Waals surface area contributed by atoms with E-state index in [1.807, 2.05) is 6.92 Å². The molecule has 2 nitrogen and oxygen atoms in total. The van der Waals surface area contributed by atoms with E-state index in [-0.39, 0.29) is 21.7 Å². The van der Waals surface area contributed by atoms with Crippen LogP contribution in [-0.4, -0.2) is 16.5 Å². The van der Waals surface area contributed by atoms with Crippen molar-refractivity contribution < 1.29 is 13.0 Å². The van der Waals surface area contributed by atoms with Gasteiger partial charge < -0.3 is 5.73 Å². The molecule has 0 aromatic heterocycles. The quantitative estimate of drug-likeness (QED) is 0.845. The average Bonchev–Trinajstić information content (AvgIpc) is 2.29. The van der Waals surface area contributed by atoms with Crippen molar-refractivity contribution in [1.82, 2.24) is 0 Å². The first-order chi connectivity index (χ1) is 7.95. The molecule has 96 valence electrons. The lowest BCUT2D eigenvalue weighted by atomic mass is 10.2. The Hall–Kier alpha value is -0.330. The molecule has 17 heavy (non-hydrogen) atoms. The summed E-state index contributed by atoms with van der Waals surface area (Å²) in [5.41, 5.74) is 5.27. The van der Waals surface area contributed by atoms with Gasteiger partial charge in [0.2, 0.25) is 0 Å². The molecule has 0 aliphatic carbocycles. The van der Waals surface area contributed by atoms with Crippen molar-refractivity contribution in [3.05, 3.63) is 33.8 Å². The highest BCUT2D eigenvalue weighted by Crippen LogP contribution is 2.23. The molecule has 0 amide bonds. The van der Waals surface area contributed by atoms with Crippen molar-refractivity contribution in [2.75, 3.05) is 12.3 Å². The van der Waals surface area contributed by atoms with Crippen molar-refractivity contribution >= 4 is 26.7 Å². The minimum atomic E-state index is -1.31. The monoisotopic (exact) mass is 325 g/mol. The van der Waals surface area contributed by atoms with E-state index in [1.54, 1.807) is 0 Å². The highest BCUT2D eigenvalue weighted by molar-refractivity contribution is 9.10. The molecule has 0 saturated heterocycles. The summed E-state index contributed by atoms with van der Waals surface area (Å²) in [4.78, 5) is 0. The van der Waals surface area contributed by atoms with Gasteiger partial charge in [0.1, 0.15) is 11.6 Å². The third-order valence-corrected chi connectivity index (χ3v) is 4.48. The molecular weight excluding hydrogens is 312 g/mol. The molecule has 0 aliphatic heterocycles. The minimum absolute atomic E-state index is 0.0779. The molecule has 0 heterocycles. The van der Waals surface area contributed by atoms with Crippen LogP contribution in [0.15, 0.2) is 16.6 Å². The van der Waals surface area contributed by atoms with E-state index >= 15 is 0 Å². The second-order valence-corrected chi connectivity index (χ2v) is 6.27. The van der Waals surface area contributed by atoms with Gasteiger partial charge in [0, 0.05) is 22.1 Å². The van der Waals surface area contributed by atoms with Crippen LogP contribution in [0.2, 0.25) is 0 Å². The summed E-state index contributed by atoms with van der Waals surface area (Å²) in [5, 5.41) is 0. The molecule has 6 heteroatoms. The first-order valence-corrected chi connectivity index (χ1v) is 7.41. The van der Waals surface area contributed by atoms with Crippen LogP contribution in [0.3, 0.4) is 0 Å². The maximum absolute atomic E-state index is 13.6. The molecule has 2 N–H and O–H groups in total. The van der Waals surface area contributed by atoms with Crippen LogP contribution in [0.5, 0.6) is 0 Å². The number of halogens is 3. The smallest absolute Gasteiger partial charge is 0.144 e. The van der Waals surface area contributed by atoms with Gasteiger partial charge in [0.05, 0.1) is 10.2 Å². The molecule has 2 unspecified atom stereocenters. The summed E-state index contributed by atoms with van der Waals surface area (Å²) in [5.74, 6) is -1.05. The van der Waals surface area contributed by atoms with E-state index < -0.39 is 22.4 Å². The minimum Gasteiger partial charge on any atom is -0.330 e. The van der Waals surface area contributed by atoms with Gasteiger partial charge in [-0.2, -0.15) is 0 Å². The predicted octanol–water partition coefficient (Wildman–Crippen LogP) is 2.57. The van der Waals surface area contributed by atoms with Crippen molar-refractivity contribution in [2.45, 2.75) is 12.7 Å². The molecule has 0 fully saturated rings. The Labute approximate surface area is 110 Å². The summed E-state index contributed by atoms with van der Waals surface area (Å²) in [6.45, 7) is 2.26. The lowest BCUT2D eigenvalue weighted by Gasteiger charge is -2.09. The second-order valence-electron chi connectivity index (χ2n) is 3.91. The van der Waals surface area contributed by atoms with E-state index in [0.717, 1.165) is 6.07 Å². The lowest BCUT2D eigenvalue weighted by Crippen LogP contribution is -2.19. The van der Waals surface area contributed by atoms with Crippen molar-refractivity contribution in [1.29, 1.82) is 0 Å². The van der Waals surface area contributed by atoms with Crippen LogP contribution in [0.25, 0.3) is 0 Å². The fourth-order valence-electron chi connectivity index (χ4n) is 1.31. The largest absolute Gasteiger partial charge is 0.330 e. The van der Waals surface area contributed by atoms with E-state index in [9.17, 15) is 13.0 Å². The zero-order chi connectivity index (χ0) is 13.0. The second kappa shape index (κ2) is 6.56. The fraction of sp³-hybridized carbons (Fsp3) is 0.455. The summed E-state index contributed by atoms with van der Waals surface area (Å²) < 4.78 is 38.9. The Balaban J connectivity index is 2.81. The molecule has 1 aromatic carbocycles. The third kappa shape index (κ3) is 4.12. The van der Waals surface area contributed by atoms with Gasteiger partial charge in [-0.1, -0.05) is 6.92 Å². The Morgan fingerprint density at radius 3 is 2.71 bits per heavy atom. The highest BCUT2D eigenvalue weighted by atomic mass is 79.9. The zero-order valence-corrected chi connectivity index (χ0v) is 11.8. The maximum Gasteiger partial charge on any atom is 0.144 e. The molecule has 0 radical (unpaired) electrons. The van der Waals surface area contributed by atoms with Crippen LogP contribution < -0.4 is 5.73 Å². The predicted molar refractivity (Wildman–Crippen MR) is 69.0 cm³/mol. The fourth-order valence-corrected chi connectivity index (χ4v) is 3.15. The van der Waals surface area contributed by atoms with Crippen LogP contribution in [0, 0.1) is 17.6 Å². The summed E-state index contributed by atoms with van der Waals surface area (Å²) in [7, 11) is -1.31. The Bertz CT molecular complexity index is 428. The molecule has 0 saturated carbocycles. The van der Waals surface area contributed by atoms with Gasteiger partial charge in [-0.15, -0.1) is 0 Å². The molecule has 1 rings (SSSR count). The van der Waals surface area contributed by atoms with Gasteiger partial charge in [0.25, 0.3) is 0 Å². The third-order valence-electron chi connectivity index (χ3n) is 2.32. The number of nitrogens with two attached hydrogens (primary N) is 1. The zero-order valence-electron chi connectivity index (χ0n) is 9.38. The van der Waals surface area contributed by atoms with Crippen LogP contribution in [-0.2, 0) is 16.6 Å². The van der Waals surface area contributed by atoms with Gasteiger partial charge in [-0.25, -0.2) is 8.78 Å². The van der Waals surface area contributed by atoms with Crippen LogP contribution in [0.1, 0.15) is 12.5 Å². The summed E-state index contributed by atoms with van der Waals surface area (Å²) in [6, 6.07) is 2.45. The summed E-state index contributed by atoms with van der Waals surface area (Å²) >= 11 is 2.97. The normalized spacial score (nSPS) is 14.6. The van der Waals surface area contributed by atoms with E-state index in [4.69, 9.17) is 5.73 Å². The van der Waals surface area contributed by atoms with Crippen molar-refractivity contribution in [2.24, 2.45) is 11.7 Å². The van der Waals surface area contributed by atoms with Gasteiger partial charge in [-0.05, 0) is 40.5 Å². The number of hydrogen-bond donors (Lipinski definition) is 1. The molecular formula is C11H14BrF2NOS. The van der Waals surface area contributed by atoms with Crippen molar-refractivity contribution in [3.8, 4) is 0 Å². The van der Waals surface area contributed by atoms with Crippen LogP contribution >= 0.6 is 15.9 Å². The molecule has 2 atom stereocenters. The Morgan fingerprint density at radius 2 is 2.12 bits per heavy atom. The summed E-state index contributed by atoms with van der Waals surface area (Å²) in [6.07, 6.45) is 0. The van der Waals surface area contributed by atoms with Crippen molar-refractivity contribution in [3.63, 3.8) is 0 Å². The maximum atomic E-state index is 13.6.